The van der Waals surface area contributed by atoms with E-state index in [1.807, 2.05) is 88.7 Å². The fourth-order valence-electron chi connectivity index (χ4n) is 9.83. The molecule has 0 bridgehead atoms. The van der Waals surface area contributed by atoms with E-state index in [2.05, 4.69) is 137 Å². The second-order valence-corrected chi connectivity index (χ2v) is 28.5. The fraction of sp³-hybridized carbons (Fsp3) is 0.457. The third kappa shape index (κ3) is 27.5. The molecule has 0 spiro atoms. The Morgan fingerprint density at radius 1 is 0.667 bits per heavy atom. The molecule has 11 heterocycles. The van der Waals surface area contributed by atoms with Crippen LogP contribution in [0.15, 0.2) is 87.2 Å². The van der Waals surface area contributed by atoms with Crippen molar-refractivity contribution >= 4 is 106 Å². The molecule has 4 aliphatic rings. The average Bonchev–Trinajstić information content (AvgIpc) is 1.57. The molecular weight excluding hydrogens is 1540 g/mol. The first kappa shape index (κ1) is 89.0. The summed E-state index contributed by atoms with van der Waals surface area (Å²) in [6.45, 7) is 34.8. The summed E-state index contributed by atoms with van der Waals surface area (Å²) < 4.78 is 68.1. The van der Waals surface area contributed by atoms with E-state index in [-0.39, 0.29) is 93.3 Å². The van der Waals surface area contributed by atoms with Crippen molar-refractivity contribution < 1.29 is 68.0 Å². The third-order valence-electron chi connectivity index (χ3n) is 14.6. The van der Waals surface area contributed by atoms with E-state index in [9.17, 15) is 18.0 Å². The van der Waals surface area contributed by atoms with Crippen LogP contribution in [0.1, 0.15) is 138 Å². The van der Waals surface area contributed by atoms with Crippen molar-refractivity contribution in [1.82, 2.24) is 49.2 Å². The Morgan fingerprint density at radius 2 is 1.12 bits per heavy atom. The number of aryl methyl sites for hydroxylation is 10. The number of pyridine rings is 4. The third-order valence-corrected chi connectivity index (χ3v) is 16.7. The molecule has 7 aromatic heterocycles. The minimum atomic E-state index is -4.08. The maximum Gasteiger partial charge on any atom is 2.00 e. The van der Waals surface area contributed by atoms with E-state index in [0.717, 1.165) is 130 Å². The van der Waals surface area contributed by atoms with Gasteiger partial charge >= 0.3 is 23.1 Å². The maximum atomic E-state index is 10.9. The van der Waals surface area contributed by atoms with E-state index in [1.54, 1.807) is 51.2 Å². The van der Waals surface area contributed by atoms with Gasteiger partial charge in [-0.15, -0.1) is 0 Å². The number of aldehydes is 1. The number of aromatic nitrogens is 10. The van der Waals surface area contributed by atoms with E-state index >= 15 is 0 Å². The number of halogens is 3. The van der Waals surface area contributed by atoms with Gasteiger partial charge in [0.1, 0.15) is 35.3 Å². The van der Waals surface area contributed by atoms with E-state index in [4.69, 9.17) is 49.2 Å². The fourth-order valence-corrected chi connectivity index (χ4v) is 11.4. The molecule has 0 fully saturated rings. The molecule has 1 amide bonds. The van der Waals surface area contributed by atoms with Crippen molar-refractivity contribution in [1.29, 1.82) is 5.41 Å². The predicted molar refractivity (Wildman–Crippen MR) is 400 cm³/mol. The summed E-state index contributed by atoms with van der Waals surface area (Å²) in [5.41, 5.74) is 8.22. The van der Waals surface area contributed by atoms with Crippen molar-refractivity contribution in [3.63, 3.8) is 0 Å². The van der Waals surface area contributed by atoms with Gasteiger partial charge in [0, 0.05) is 49.8 Å². The molecular formula is C70H97Br3MgN16O11S. The summed E-state index contributed by atoms with van der Waals surface area (Å²) in [7, 11) is -4.08. The number of anilines is 4. The molecule has 0 saturated carbocycles. The number of carbonyl (C=O) groups excluding carboxylic acids is 2. The van der Waals surface area contributed by atoms with Gasteiger partial charge in [-0.25, -0.2) is 34.1 Å². The molecule has 8 aromatic rings. The number of hydrogen-bond acceptors (Lipinski definition) is 23. The summed E-state index contributed by atoms with van der Waals surface area (Å²) >= 11 is 6.51. The zero-order valence-corrected chi connectivity index (χ0v) is 68.4. The Hall–Kier alpha value is -7.17. The Labute approximate surface area is 642 Å². The summed E-state index contributed by atoms with van der Waals surface area (Å²) in [5.74, 6) is 12.0. The largest absolute Gasteiger partial charge is 2.00 e. The number of rotatable bonds is 13. The number of benzene rings is 1. The molecule has 0 aliphatic carbocycles. The van der Waals surface area contributed by atoms with Gasteiger partial charge in [-0.3, -0.25) is 24.7 Å². The van der Waals surface area contributed by atoms with Crippen LogP contribution in [0.3, 0.4) is 0 Å². The second kappa shape index (κ2) is 40.8. The number of amides is 1. The Kier molecular flexibility index (Phi) is 35.6. The quantitative estimate of drug-likeness (QED) is 0.0108. The van der Waals surface area contributed by atoms with Gasteiger partial charge in [-0.05, 0) is 215 Å². The van der Waals surface area contributed by atoms with Gasteiger partial charge in [0.2, 0.25) is 0 Å². The molecule has 0 radical (unpaired) electrons. The van der Waals surface area contributed by atoms with Crippen LogP contribution in [0.2, 0.25) is 0 Å². The van der Waals surface area contributed by atoms with Crippen LogP contribution >= 0.6 is 31.9 Å². The first-order chi connectivity index (χ1) is 46.6. The zero-order chi connectivity index (χ0) is 73.0. The number of carbonyl (C=O) groups is 2. The predicted octanol–water partition coefficient (Wildman–Crippen LogP) is 8.71. The second-order valence-electron chi connectivity index (χ2n) is 25.5. The first-order valence-electron chi connectivity index (χ1n) is 32.4. The monoisotopic (exact) mass is 1630 g/mol. The Bertz CT molecular complexity index is 4190. The van der Waals surface area contributed by atoms with E-state index in [1.165, 1.54) is 4.68 Å². The summed E-state index contributed by atoms with van der Waals surface area (Å²) in [6, 6.07) is 18.6. The van der Waals surface area contributed by atoms with Crippen LogP contribution < -0.4 is 68.5 Å². The number of hydrogen-bond donors (Lipinski definition) is 7. The number of ether oxygens (including phenoxy) is 6. The Morgan fingerprint density at radius 3 is 1.58 bits per heavy atom. The number of fused-ring (bicyclic) bond motifs is 5. The molecule has 0 atom stereocenters. The molecule has 1 aromatic carbocycles. The summed E-state index contributed by atoms with van der Waals surface area (Å²) in [6.07, 6.45) is 9.22. The van der Waals surface area contributed by atoms with Crippen LogP contribution in [0.4, 0.5) is 23.3 Å². The SMILES string of the molecule is CC1(C)COc2ccc(Br)nc2N1.CC1(C)COc2ccc(CCC=O)nc2N1.CCCC(OCC)OCC.Cc1cc(C)c(S(=O)(=O)O)c(C)c1.Cc1ncc(C)n(N)c1=N.Cc1ncc(C)n2nc(CCc3ccc4c(n3)NC(C)(C)CO4)nc12.O=C1COc2ccc(Br)nc2N1.[Br-].[CH3-].[Mg+2]. The van der Waals surface area contributed by atoms with Gasteiger partial charge in [0.25, 0.3) is 16.0 Å². The number of nitrogen functional groups attached to an aromatic ring is 1. The van der Waals surface area contributed by atoms with Crippen LogP contribution in [-0.4, -0.2) is 160 Å². The van der Waals surface area contributed by atoms with Crippen molar-refractivity contribution in [2.45, 2.75) is 177 Å². The molecule has 102 heavy (non-hydrogen) atoms. The topological polar surface area (TPSA) is 354 Å². The number of nitrogens with one attached hydrogen (secondary N) is 5. The van der Waals surface area contributed by atoms with Crippen LogP contribution in [-0.2, 0) is 48.4 Å². The van der Waals surface area contributed by atoms with Crippen molar-refractivity contribution in [2.24, 2.45) is 0 Å². The van der Waals surface area contributed by atoms with Crippen molar-refractivity contribution in [2.75, 3.05) is 66.8 Å². The normalized spacial score (nSPS) is 14.0. The molecule has 0 unspecified atom stereocenters. The average molecular weight is 1630 g/mol. The van der Waals surface area contributed by atoms with Crippen molar-refractivity contribution in [3.8, 4) is 23.0 Å². The van der Waals surface area contributed by atoms with E-state index < -0.39 is 10.1 Å². The standard InChI is InChI=1S/C18H22N6O.C12H16N2O2.C9H11BrN2O.C9H12O3S.C8H18O2.C7H5BrN2O2.C6H10N4.CH3.BrH.Mg/c1-11-9-19-12(2)17-21-15(23-24(11)17)8-6-13-5-7-14-16(20-13)22-18(3,4)10-25-14;1-12(2)8-16-10-6-5-9(4-3-7-15)13-11(10)14-12;1-9(2)5-13-6-3-4-7(10)11-8(6)12-9;1-6-4-7(2)9(8(3)5-6)13(10,11)12;1-4-7-8(9-5-2)10-6-3;8-5-2-1-4-7(9-5)10-6(11)3-12-4;1-4-3-9-5(2)6(7)10(4)8;;;/h5,7,9H,6,8,10H2,1-4H3,(H,20,22);5-7H,3-4,8H2,1-2H3,(H,13,14);3-4H,5H2,1-2H3,(H,11,12);4-5H,1-3H3,(H,10,11,12);8H,4-7H2,1-3H3;1-2H,3H2,(H,9,10,11);3,7H,8H2,1-2H3;1H3;1H;/q;;;;;;;-1;;+2/p-1. The number of nitrogens with two attached hydrogens (primary N) is 1. The van der Waals surface area contributed by atoms with Crippen LogP contribution in [0.25, 0.3) is 5.65 Å². The van der Waals surface area contributed by atoms with Crippen LogP contribution in [0.5, 0.6) is 23.0 Å². The van der Waals surface area contributed by atoms with Gasteiger partial charge < -0.3 is 84.7 Å². The molecule has 552 valence electrons. The molecule has 32 heteroatoms. The van der Waals surface area contributed by atoms with Gasteiger partial charge in [0.05, 0.1) is 44.3 Å². The zero-order valence-electron chi connectivity index (χ0n) is 61.4. The van der Waals surface area contributed by atoms with Gasteiger partial charge in [-0.2, -0.15) is 13.5 Å². The van der Waals surface area contributed by atoms with E-state index in [0.29, 0.717) is 65.7 Å². The summed E-state index contributed by atoms with van der Waals surface area (Å²) in [5, 5.41) is 24.6. The molecule has 27 nitrogen and oxygen atoms in total. The van der Waals surface area contributed by atoms with Gasteiger partial charge in [-0.1, -0.05) is 31.0 Å². The molecule has 0 saturated heterocycles. The smallest absolute Gasteiger partial charge is 1.00 e. The van der Waals surface area contributed by atoms with Crippen LogP contribution in [0, 0.1) is 61.3 Å². The molecule has 8 N–H and O–H groups in total. The van der Waals surface area contributed by atoms with Gasteiger partial charge in [0.15, 0.2) is 76.1 Å². The maximum absolute atomic E-state index is 10.9. The van der Waals surface area contributed by atoms with Crippen molar-refractivity contribution in [3.05, 3.63) is 152 Å². The Balaban J connectivity index is 0.000000316. The number of nitrogens with zero attached hydrogens (tertiary/aromatic N) is 10. The minimum absolute atomic E-state index is 0. The minimum Gasteiger partial charge on any atom is -1.00 e. The molecule has 12 rings (SSSR count). The molecule has 4 aliphatic heterocycles. The summed E-state index contributed by atoms with van der Waals surface area (Å²) in [4.78, 5) is 51.6. The first-order valence-corrected chi connectivity index (χ1v) is 35.4.